The van der Waals surface area contributed by atoms with Gasteiger partial charge in [0.15, 0.2) is 0 Å². The van der Waals surface area contributed by atoms with E-state index in [0.717, 1.165) is 35.6 Å². The number of hydrogen-bond acceptors (Lipinski definition) is 5. The van der Waals surface area contributed by atoms with E-state index in [1.165, 1.54) is 29.2 Å². The van der Waals surface area contributed by atoms with Gasteiger partial charge in [0.05, 0.1) is 17.2 Å². The summed E-state index contributed by atoms with van der Waals surface area (Å²) >= 11 is 12.4. The smallest absolute Gasteiger partial charge is 0.264 e. The third-order valence-corrected chi connectivity index (χ3v) is 10.6. The molecule has 1 aliphatic carbocycles. The van der Waals surface area contributed by atoms with E-state index in [9.17, 15) is 18.0 Å². The summed E-state index contributed by atoms with van der Waals surface area (Å²) in [4.78, 5) is 30.2. The molecule has 4 aromatic rings. The second-order valence-corrected chi connectivity index (χ2v) is 14.5. The number of rotatable bonds is 14. The maximum Gasteiger partial charge on any atom is 0.264 e. The molecule has 1 fully saturated rings. The van der Waals surface area contributed by atoms with Crippen molar-refractivity contribution in [3.63, 3.8) is 0 Å². The largest absolute Gasteiger partial charge is 0.494 e. The third kappa shape index (κ3) is 9.09. The van der Waals surface area contributed by atoms with Gasteiger partial charge in [-0.3, -0.25) is 13.9 Å². The molecule has 0 aliphatic heterocycles. The summed E-state index contributed by atoms with van der Waals surface area (Å²) < 4.78 is 35.1. The fourth-order valence-electron chi connectivity index (χ4n) is 5.89. The first-order valence-corrected chi connectivity index (χ1v) is 18.2. The number of carbonyl (C=O) groups excluding carboxylic acids is 2. The van der Waals surface area contributed by atoms with Crippen LogP contribution in [0, 0.1) is 0 Å². The lowest BCUT2D eigenvalue weighted by atomic mass is 10.0. The van der Waals surface area contributed by atoms with Gasteiger partial charge in [-0.1, -0.05) is 78.5 Å². The molecule has 252 valence electrons. The van der Waals surface area contributed by atoms with Crippen LogP contribution >= 0.6 is 23.2 Å². The Balaban J connectivity index is 1.56. The monoisotopic (exact) mass is 707 g/mol. The topological polar surface area (TPSA) is 96.0 Å². The molecule has 0 bridgehead atoms. The molecule has 0 aromatic heterocycles. The molecule has 1 N–H and O–H groups in total. The minimum Gasteiger partial charge on any atom is -0.494 e. The Kier molecular flexibility index (Phi) is 12.0. The molecule has 0 spiro atoms. The molecule has 48 heavy (non-hydrogen) atoms. The Morgan fingerprint density at radius 1 is 0.854 bits per heavy atom. The number of carbonyl (C=O) groups is 2. The molecular formula is C37H39Cl2N3O5S. The van der Waals surface area contributed by atoms with Gasteiger partial charge < -0.3 is 15.0 Å². The number of anilines is 1. The van der Waals surface area contributed by atoms with Crippen LogP contribution in [0.1, 0.15) is 43.7 Å². The molecule has 0 heterocycles. The number of hydrogen-bond donors (Lipinski definition) is 1. The number of halogens is 2. The van der Waals surface area contributed by atoms with Crippen molar-refractivity contribution in [2.45, 2.75) is 62.6 Å². The highest BCUT2D eigenvalue weighted by Gasteiger charge is 2.35. The lowest BCUT2D eigenvalue weighted by molar-refractivity contribution is -0.140. The SMILES string of the molecule is CCOc1ccc(N(CC(=O)N(Cc2cccc(Cl)c2)[C@H](Cc2ccccc2)C(=O)NC2CCCC2)S(=O)(=O)c2ccc(Cl)cc2)cc1. The van der Waals surface area contributed by atoms with E-state index in [-0.39, 0.29) is 35.5 Å². The van der Waals surface area contributed by atoms with Crippen molar-refractivity contribution < 1.29 is 22.7 Å². The molecule has 11 heteroatoms. The quantitative estimate of drug-likeness (QED) is 0.149. The summed E-state index contributed by atoms with van der Waals surface area (Å²) in [6.07, 6.45) is 4.03. The Hall–Kier alpha value is -4.05. The number of nitrogens with zero attached hydrogens (tertiary/aromatic N) is 2. The van der Waals surface area contributed by atoms with Gasteiger partial charge in [0.2, 0.25) is 11.8 Å². The second kappa shape index (κ2) is 16.4. The summed E-state index contributed by atoms with van der Waals surface area (Å²) in [6, 6.07) is 28.0. The summed E-state index contributed by atoms with van der Waals surface area (Å²) in [5.74, 6) is -0.274. The maximum atomic E-state index is 14.7. The number of nitrogens with one attached hydrogen (secondary N) is 1. The predicted octanol–water partition coefficient (Wildman–Crippen LogP) is 7.29. The van der Waals surface area contributed by atoms with E-state index >= 15 is 0 Å². The third-order valence-electron chi connectivity index (χ3n) is 8.33. The number of benzene rings is 4. The molecule has 8 nitrogen and oxygen atoms in total. The summed E-state index contributed by atoms with van der Waals surface area (Å²) in [7, 11) is -4.26. The Bertz CT molecular complexity index is 1780. The van der Waals surface area contributed by atoms with Crippen molar-refractivity contribution in [2.75, 3.05) is 17.5 Å². The zero-order chi connectivity index (χ0) is 34.1. The van der Waals surface area contributed by atoms with Crippen molar-refractivity contribution in [1.82, 2.24) is 10.2 Å². The van der Waals surface area contributed by atoms with Gasteiger partial charge in [-0.05, 0) is 91.6 Å². The molecule has 1 aliphatic rings. The van der Waals surface area contributed by atoms with Crippen LogP contribution in [0.4, 0.5) is 5.69 Å². The standard InChI is InChI=1S/C37H39Cl2N3O5S/c1-2-47-33-19-17-32(18-20-33)42(48(45,46)34-21-15-29(38)16-22-34)26-36(43)41(25-28-11-8-12-30(39)23-28)35(24-27-9-4-3-5-10-27)37(44)40-31-13-6-7-14-31/h3-5,8-12,15-23,31,35H,2,6-7,13-14,24-26H2,1H3,(H,40,44)/t35-/m1/s1. The number of amides is 2. The van der Waals surface area contributed by atoms with Crippen LogP contribution in [0.3, 0.4) is 0 Å². The molecule has 4 aromatic carbocycles. The van der Waals surface area contributed by atoms with Crippen LogP contribution in [0.5, 0.6) is 5.75 Å². The van der Waals surface area contributed by atoms with Crippen molar-refractivity contribution in [2.24, 2.45) is 0 Å². The van der Waals surface area contributed by atoms with Gasteiger partial charge in [-0.15, -0.1) is 0 Å². The molecule has 0 saturated heterocycles. The minimum atomic E-state index is -4.26. The lowest BCUT2D eigenvalue weighted by Crippen LogP contribution is -2.54. The Morgan fingerprint density at radius 3 is 2.17 bits per heavy atom. The van der Waals surface area contributed by atoms with Crippen LogP contribution in [-0.2, 0) is 32.6 Å². The first kappa shape index (κ1) is 35.3. The Morgan fingerprint density at radius 2 is 1.52 bits per heavy atom. The zero-order valence-electron chi connectivity index (χ0n) is 26.7. The molecule has 0 unspecified atom stereocenters. The number of sulfonamides is 1. The maximum absolute atomic E-state index is 14.7. The highest BCUT2D eigenvalue weighted by molar-refractivity contribution is 7.92. The zero-order valence-corrected chi connectivity index (χ0v) is 29.1. The first-order valence-electron chi connectivity index (χ1n) is 16.0. The van der Waals surface area contributed by atoms with Crippen molar-refractivity contribution in [3.8, 4) is 5.75 Å². The van der Waals surface area contributed by atoms with Gasteiger partial charge >= 0.3 is 0 Å². The number of ether oxygens (including phenoxy) is 1. The highest BCUT2D eigenvalue weighted by Crippen LogP contribution is 2.28. The first-order chi connectivity index (χ1) is 23.1. The molecule has 1 saturated carbocycles. The lowest BCUT2D eigenvalue weighted by Gasteiger charge is -2.34. The van der Waals surface area contributed by atoms with E-state index in [1.54, 1.807) is 42.5 Å². The van der Waals surface area contributed by atoms with Crippen LogP contribution in [0.2, 0.25) is 10.0 Å². The molecular weight excluding hydrogens is 669 g/mol. The van der Waals surface area contributed by atoms with Crippen molar-refractivity contribution in [1.29, 1.82) is 0 Å². The van der Waals surface area contributed by atoms with Gasteiger partial charge in [-0.2, -0.15) is 0 Å². The van der Waals surface area contributed by atoms with Gasteiger partial charge in [0.25, 0.3) is 10.0 Å². The summed E-state index contributed by atoms with van der Waals surface area (Å²) in [5, 5.41) is 4.04. The van der Waals surface area contributed by atoms with Gasteiger partial charge in [-0.25, -0.2) is 8.42 Å². The molecule has 1 atom stereocenters. The van der Waals surface area contributed by atoms with E-state index in [0.29, 0.717) is 28.0 Å². The van der Waals surface area contributed by atoms with Crippen LogP contribution in [0.25, 0.3) is 0 Å². The predicted molar refractivity (Wildman–Crippen MR) is 190 cm³/mol. The second-order valence-electron chi connectivity index (χ2n) is 11.7. The minimum absolute atomic E-state index is 0.0181. The normalized spacial score (nSPS) is 13.9. The average molecular weight is 709 g/mol. The molecule has 5 rings (SSSR count). The van der Waals surface area contributed by atoms with Gasteiger partial charge in [0.1, 0.15) is 18.3 Å². The Labute approximate surface area is 292 Å². The van der Waals surface area contributed by atoms with Crippen molar-refractivity contribution >= 4 is 50.7 Å². The fraction of sp³-hybridized carbons (Fsp3) is 0.297. The summed E-state index contributed by atoms with van der Waals surface area (Å²) in [6.45, 7) is 1.76. The van der Waals surface area contributed by atoms with Crippen LogP contribution in [-0.4, -0.2) is 50.4 Å². The average Bonchev–Trinajstić information content (AvgIpc) is 3.59. The van der Waals surface area contributed by atoms with Crippen LogP contribution < -0.4 is 14.4 Å². The van der Waals surface area contributed by atoms with E-state index in [2.05, 4.69) is 5.32 Å². The molecule has 2 amide bonds. The van der Waals surface area contributed by atoms with E-state index in [4.69, 9.17) is 27.9 Å². The highest BCUT2D eigenvalue weighted by atomic mass is 35.5. The van der Waals surface area contributed by atoms with Gasteiger partial charge in [0, 0.05) is 29.1 Å². The summed E-state index contributed by atoms with van der Waals surface area (Å²) in [5.41, 5.74) is 1.83. The fourth-order valence-corrected chi connectivity index (χ4v) is 7.64. The van der Waals surface area contributed by atoms with E-state index in [1.807, 2.05) is 43.3 Å². The van der Waals surface area contributed by atoms with Crippen molar-refractivity contribution in [3.05, 3.63) is 124 Å². The molecule has 0 radical (unpaired) electrons. The van der Waals surface area contributed by atoms with E-state index < -0.39 is 28.5 Å². The van der Waals surface area contributed by atoms with Crippen LogP contribution in [0.15, 0.2) is 108 Å².